The zero-order chi connectivity index (χ0) is 13.9. The smallest absolute Gasteiger partial charge is 0.253 e. The number of morpholine rings is 2. The zero-order valence-electron chi connectivity index (χ0n) is 11.5. The van der Waals surface area contributed by atoms with Gasteiger partial charge in [0.2, 0.25) is 5.91 Å². The normalized spacial score (nSPS) is 30.9. The van der Waals surface area contributed by atoms with E-state index in [0.29, 0.717) is 26.3 Å². The largest absolute Gasteiger partial charge is 0.377 e. The van der Waals surface area contributed by atoms with Crippen LogP contribution in [0, 0.1) is 0 Å². The lowest BCUT2D eigenvalue weighted by Crippen LogP contribution is -2.60. The van der Waals surface area contributed by atoms with Gasteiger partial charge in [-0.1, -0.05) is 0 Å². The average Bonchev–Trinajstić information content (AvgIpc) is 3.31. The maximum absolute atomic E-state index is 12.5. The first-order valence-corrected chi connectivity index (χ1v) is 7.26. The van der Waals surface area contributed by atoms with Gasteiger partial charge in [0.25, 0.3) is 5.91 Å². The SMILES string of the molecule is O=C(NC1CC1)C1COCCN1C(=O)C1CNCCO1. The molecule has 2 aliphatic heterocycles. The van der Waals surface area contributed by atoms with Crippen LogP contribution < -0.4 is 10.6 Å². The van der Waals surface area contributed by atoms with Crippen LogP contribution in [-0.2, 0) is 19.1 Å². The quantitative estimate of drug-likeness (QED) is 0.658. The van der Waals surface area contributed by atoms with Crippen LogP contribution in [0.25, 0.3) is 0 Å². The van der Waals surface area contributed by atoms with Crippen molar-refractivity contribution in [1.82, 2.24) is 15.5 Å². The number of amides is 2. The van der Waals surface area contributed by atoms with Gasteiger partial charge in [-0.05, 0) is 12.8 Å². The average molecular weight is 283 g/mol. The molecule has 1 saturated carbocycles. The Balaban J connectivity index is 1.63. The van der Waals surface area contributed by atoms with E-state index in [1.54, 1.807) is 4.90 Å². The molecule has 2 amide bonds. The van der Waals surface area contributed by atoms with Crippen LogP contribution in [-0.4, -0.2) is 74.4 Å². The van der Waals surface area contributed by atoms with E-state index in [9.17, 15) is 9.59 Å². The van der Waals surface area contributed by atoms with Crippen LogP contribution in [0.15, 0.2) is 0 Å². The predicted molar refractivity (Wildman–Crippen MR) is 70.1 cm³/mol. The van der Waals surface area contributed by atoms with Crippen molar-refractivity contribution < 1.29 is 19.1 Å². The molecule has 3 aliphatic rings. The minimum atomic E-state index is -0.526. The lowest BCUT2D eigenvalue weighted by molar-refractivity contribution is -0.158. The Morgan fingerprint density at radius 1 is 1.25 bits per heavy atom. The van der Waals surface area contributed by atoms with Gasteiger partial charge < -0.3 is 25.0 Å². The van der Waals surface area contributed by atoms with Crippen LogP contribution in [0.3, 0.4) is 0 Å². The highest BCUT2D eigenvalue weighted by molar-refractivity contribution is 5.90. The summed E-state index contributed by atoms with van der Waals surface area (Å²) < 4.78 is 10.9. The molecular weight excluding hydrogens is 262 g/mol. The molecule has 3 rings (SSSR count). The predicted octanol–water partition coefficient (Wildman–Crippen LogP) is -1.52. The summed E-state index contributed by atoms with van der Waals surface area (Å²) in [7, 11) is 0. The molecule has 3 fully saturated rings. The topological polar surface area (TPSA) is 79.9 Å². The van der Waals surface area contributed by atoms with Crippen molar-refractivity contribution in [3.05, 3.63) is 0 Å². The van der Waals surface area contributed by atoms with Gasteiger partial charge in [0, 0.05) is 25.7 Å². The molecule has 2 unspecified atom stereocenters. The highest BCUT2D eigenvalue weighted by Crippen LogP contribution is 2.20. The molecule has 2 atom stereocenters. The summed E-state index contributed by atoms with van der Waals surface area (Å²) >= 11 is 0. The lowest BCUT2D eigenvalue weighted by atomic mass is 10.1. The van der Waals surface area contributed by atoms with Crippen molar-refractivity contribution in [2.24, 2.45) is 0 Å². The molecule has 0 radical (unpaired) electrons. The van der Waals surface area contributed by atoms with Gasteiger partial charge in [-0.3, -0.25) is 9.59 Å². The number of carbonyl (C=O) groups excluding carboxylic acids is 2. The lowest BCUT2D eigenvalue weighted by Gasteiger charge is -2.37. The Morgan fingerprint density at radius 2 is 2.10 bits per heavy atom. The van der Waals surface area contributed by atoms with Gasteiger partial charge in [0.05, 0.1) is 19.8 Å². The Kier molecular flexibility index (Phi) is 4.18. The summed E-state index contributed by atoms with van der Waals surface area (Å²) in [4.78, 5) is 26.3. The van der Waals surface area contributed by atoms with Gasteiger partial charge in [-0.15, -0.1) is 0 Å². The minimum Gasteiger partial charge on any atom is -0.377 e. The fourth-order valence-corrected chi connectivity index (χ4v) is 2.52. The monoisotopic (exact) mass is 283 g/mol. The molecule has 0 aromatic carbocycles. The maximum atomic E-state index is 12.5. The number of nitrogens with zero attached hydrogens (tertiary/aromatic N) is 1. The molecule has 112 valence electrons. The molecule has 0 aromatic heterocycles. The molecule has 2 saturated heterocycles. The molecule has 0 aromatic rings. The van der Waals surface area contributed by atoms with Crippen molar-refractivity contribution >= 4 is 11.8 Å². The number of rotatable bonds is 3. The summed E-state index contributed by atoms with van der Waals surface area (Å²) in [6.45, 7) is 2.98. The van der Waals surface area contributed by atoms with E-state index < -0.39 is 12.1 Å². The Morgan fingerprint density at radius 3 is 2.80 bits per heavy atom. The Bertz CT molecular complexity index is 380. The van der Waals surface area contributed by atoms with E-state index >= 15 is 0 Å². The van der Waals surface area contributed by atoms with E-state index in [0.717, 1.165) is 19.4 Å². The first-order valence-electron chi connectivity index (χ1n) is 7.26. The van der Waals surface area contributed by atoms with Crippen molar-refractivity contribution in [2.45, 2.75) is 31.0 Å². The fourth-order valence-electron chi connectivity index (χ4n) is 2.52. The van der Waals surface area contributed by atoms with Crippen molar-refractivity contribution in [2.75, 3.05) is 39.5 Å². The van der Waals surface area contributed by atoms with Gasteiger partial charge in [-0.25, -0.2) is 0 Å². The second-order valence-corrected chi connectivity index (χ2v) is 5.47. The number of carbonyl (C=O) groups is 2. The minimum absolute atomic E-state index is 0.107. The van der Waals surface area contributed by atoms with Crippen LogP contribution in [0.4, 0.5) is 0 Å². The van der Waals surface area contributed by atoms with E-state index in [1.165, 1.54) is 0 Å². The van der Waals surface area contributed by atoms with E-state index in [1.807, 2.05) is 0 Å². The number of hydrogen-bond donors (Lipinski definition) is 2. The fraction of sp³-hybridized carbons (Fsp3) is 0.846. The molecule has 20 heavy (non-hydrogen) atoms. The van der Waals surface area contributed by atoms with Crippen LogP contribution in [0.1, 0.15) is 12.8 Å². The molecular formula is C13H21N3O4. The van der Waals surface area contributed by atoms with Crippen molar-refractivity contribution in [1.29, 1.82) is 0 Å². The summed E-state index contributed by atoms with van der Waals surface area (Å²) in [5, 5.41) is 6.08. The van der Waals surface area contributed by atoms with Crippen molar-refractivity contribution in [3.63, 3.8) is 0 Å². The summed E-state index contributed by atoms with van der Waals surface area (Å²) in [5.41, 5.74) is 0. The summed E-state index contributed by atoms with van der Waals surface area (Å²) in [6, 6.07) is -0.239. The van der Waals surface area contributed by atoms with Crippen LogP contribution in [0.5, 0.6) is 0 Å². The molecule has 0 bridgehead atoms. The van der Waals surface area contributed by atoms with Gasteiger partial charge in [0.1, 0.15) is 12.1 Å². The van der Waals surface area contributed by atoms with E-state index in [4.69, 9.17) is 9.47 Å². The standard InChI is InChI=1S/C13H21N3O4/c17-12(15-9-1-2-9)10-8-19-6-4-16(10)13(18)11-7-14-3-5-20-11/h9-11,14H,1-8H2,(H,15,17). The van der Waals surface area contributed by atoms with E-state index in [2.05, 4.69) is 10.6 Å². The molecule has 7 heteroatoms. The van der Waals surface area contributed by atoms with Gasteiger partial charge >= 0.3 is 0 Å². The van der Waals surface area contributed by atoms with Gasteiger partial charge in [0.15, 0.2) is 0 Å². The molecule has 7 nitrogen and oxygen atoms in total. The van der Waals surface area contributed by atoms with E-state index in [-0.39, 0.29) is 24.5 Å². The maximum Gasteiger partial charge on any atom is 0.253 e. The van der Waals surface area contributed by atoms with Gasteiger partial charge in [-0.2, -0.15) is 0 Å². The number of hydrogen-bond acceptors (Lipinski definition) is 5. The number of nitrogens with one attached hydrogen (secondary N) is 2. The Hall–Kier alpha value is -1.18. The summed E-state index contributed by atoms with van der Waals surface area (Å²) in [6.07, 6.45) is 1.57. The molecule has 2 N–H and O–H groups in total. The first-order chi connectivity index (χ1) is 9.75. The molecule has 2 heterocycles. The highest BCUT2D eigenvalue weighted by atomic mass is 16.5. The third-order valence-corrected chi connectivity index (χ3v) is 3.84. The van der Waals surface area contributed by atoms with Crippen LogP contribution >= 0.6 is 0 Å². The van der Waals surface area contributed by atoms with Crippen LogP contribution in [0.2, 0.25) is 0 Å². The number of ether oxygens (including phenoxy) is 2. The third kappa shape index (κ3) is 3.11. The first kappa shape index (κ1) is 13.8. The van der Waals surface area contributed by atoms with Crippen molar-refractivity contribution in [3.8, 4) is 0 Å². The summed E-state index contributed by atoms with van der Waals surface area (Å²) in [5.74, 6) is -0.222. The molecule has 1 aliphatic carbocycles. The Labute approximate surface area is 118 Å². The second-order valence-electron chi connectivity index (χ2n) is 5.47. The highest BCUT2D eigenvalue weighted by Gasteiger charge is 2.38. The zero-order valence-corrected chi connectivity index (χ0v) is 11.5. The third-order valence-electron chi connectivity index (χ3n) is 3.84. The second kappa shape index (κ2) is 6.07. The molecule has 0 spiro atoms.